The van der Waals surface area contributed by atoms with Crippen molar-refractivity contribution in [2.24, 2.45) is 0 Å². The number of anilines is 1. The number of nitrogens with one attached hydrogen (secondary N) is 1. The molecule has 0 aliphatic carbocycles. The van der Waals surface area contributed by atoms with Gasteiger partial charge in [-0.1, -0.05) is 18.2 Å². The van der Waals surface area contributed by atoms with Gasteiger partial charge in [-0.25, -0.2) is 9.07 Å². The highest BCUT2D eigenvalue weighted by molar-refractivity contribution is 5.60. The highest BCUT2D eigenvalue weighted by Gasteiger charge is 2.26. The lowest BCUT2D eigenvalue weighted by molar-refractivity contribution is -0.384. The van der Waals surface area contributed by atoms with Crippen LogP contribution in [0, 0.1) is 22.9 Å². The summed E-state index contributed by atoms with van der Waals surface area (Å²) < 4.78 is 15.2. The molecular weight excluding hydrogens is 275 g/mol. The molecule has 1 heterocycles. The van der Waals surface area contributed by atoms with Crippen LogP contribution >= 0.6 is 0 Å². The topological polar surface area (TPSA) is 73.0 Å². The van der Waals surface area contributed by atoms with E-state index in [-0.39, 0.29) is 24.1 Å². The van der Waals surface area contributed by atoms with E-state index in [1.54, 1.807) is 29.8 Å². The average Bonchev–Trinajstić information content (AvgIpc) is 2.75. The molecule has 0 fully saturated rings. The van der Waals surface area contributed by atoms with Crippen LogP contribution in [0.3, 0.4) is 0 Å². The number of hydrogen-bond donors (Lipinski definition) is 1. The summed E-state index contributed by atoms with van der Waals surface area (Å²) in [7, 11) is 0. The molecule has 1 aromatic carbocycles. The Balaban J connectivity index is 2.34. The van der Waals surface area contributed by atoms with Gasteiger partial charge in [0.15, 0.2) is 0 Å². The van der Waals surface area contributed by atoms with Crippen molar-refractivity contribution in [3.8, 4) is 0 Å². The summed E-state index contributed by atoms with van der Waals surface area (Å²) in [6.07, 6.45) is 0. The first kappa shape index (κ1) is 15.0. The molecule has 0 unspecified atom stereocenters. The van der Waals surface area contributed by atoms with Crippen molar-refractivity contribution in [3.63, 3.8) is 0 Å². The number of nitrogens with zero attached hydrogens (tertiary/aromatic N) is 3. The predicted octanol–water partition coefficient (Wildman–Crippen LogP) is 3.43. The summed E-state index contributed by atoms with van der Waals surface area (Å²) in [6, 6.07) is 6.28. The summed E-state index contributed by atoms with van der Waals surface area (Å²) in [5, 5.41) is 18.3. The summed E-state index contributed by atoms with van der Waals surface area (Å²) in [5.74, 6) is -0.0456. The molecule has 1 N–H and O–H groups in total. The maximum Gasteiger partial charge on any atom is 0.333 e. The van der Waals surface area contributed by atoms with Crippen LogP contribution in [0.2, 0.25) is 0 Å². The molecule has 2 rings (SSSR count). The van der Waals surface area contributed by atoms with Crippen molar-refractivity contribution in [1.82, 2.24) is 9.78 Å². The number of rotatable bonds is 5. The van der Waals surface area contributed by atoms with E-state index in [4.69, 9.17) is 0 Å². The third-order valence-corrected chi connectivity index (χ3v) is 3.13. The zero-order valence-electron chi connectivity index (χ0n) is 12.1. The SMILES string of the molecule is Cc1nn(C(C)C)c(NCc2ccccc2F)c1[N+](=O)[O-]. The summed E-state index contributed by atoms with van der Waals surface area (Å²) in [5.41, 5.74) is 0.714. The Labute approximate surface area is 121 Å². The van der Waals surface area contributed by atoms with Gasteiger partial charge in [0.25, 0.3) is 0 Å². The zero-order valence-corrected chi connectivity index (χ0v) is 12.1. The van der Waals surface area contributed by atoms with Crippen molar-refractivity contribution >= 4 is 11.5 Å². The monoisotopic (exact) mass is 292 g/mol. The average molecular weight is 292 g/mol. The smallest absolute Gasteiger partial charge is 0.333 e. The van der Waals surface area contributed by atoms with Gasteiger partial charge in [0, 0.05) is 18.2 Å². The van der Waals surface area contributed by atoms with E-state index in [0.717, 1.165) is 0 Å². The second-order valence-corrected chi connectivity index (χ2v) is 5.02. The first-order valence-corrected chi connectivity index (χ1v) is 6.62. The van der Waals surface area contributed by atoms with Gasteiger partial charge in [0.1, 0.15) is 11.5 Å². The molecule has 0 amide bonds. The van der Waals surface area contributed by atoms with Gasteiger partial charge in [-0.15, -0.1) is 0 Å². The molecule has 7 heteroatoms. The lowest BCUT2D eigenvalue weighted by Crippen LogP contribution is -2.11. The van der Waals surface area contributed by atoms with Crippen LogP contribution in [0.1, 0.15) is 31.1 Å². The van der Waals surface area contributed by atoms with Gasteiger partial charge in [-0.2, -0.15) is 5.10 Å². The highest BCUT2D eigenvalue weighted by Crippen LogP contribution is 2.31. The largest absolute Gasteiger partial charge is 0.360 e. The van der Waals surface area contributed by atoms with Gasteiger partial charge in [0.05, 0.1) is 4.92 Å². The maximum absolute atomic E-state index is 13.6. The van der Waals surface area contributed by atoms with E-state index in [9.17, 15) is 14.5 Å². The molecule has 0 bridgehead atoms. The fraction of sp³-hybridized carbons (Fsp3) is 0.357. The zero-order chi connectivity index (χ0) is 15.6. The minimum Gasteiger partial charge on any atom is -0.360 e. The summed E-state index contributed by atoms with van der Waals surface area (Å²) in [4.78, 5) is 10.7. The van der Waals surface area contributed by atoms with Crippen LogP contribution in [0.15, 0.2) is 24.3 Å². The third-order valence-electron chi connectivity index (χ3n) is 3.13. The molecule has 0 aliphatic heterocycles. The number of nitro groups is 1. The van der Waals surface area contributed by atoms with Gasteiger partial charge < -0.3 is 5.32 Å². The number of hydrogen-bond acceptors (Lipinski definition) is 4. The van der Waals surface area contributed by atoms with Crippen molar-refractivity contribution < 1.29 is 9.31 Å². The van der Waals surface area contributed by atoms with E-state index >= 15 is 0 Å². The van der Waals surface area contributed by atoms with Crippen molar-refractivity contribution in [2.45, 2.75) is 33.4 Å². The molecule has 0 atom stereocenters. The van der Waals surface area contributed by atoms with Crippen LogP contribution < -0.4 is 5.32 Å². The van der Waals surface area contributed by atoms with Crippen LogP contribution in [-0.2, 0) is 6.54 Å². The Bertz CT molecular complexity index is 667. The Kier molecular flexibility index (Phi) is 4.21. The van der Waals surface area contributed by atoms with Crippen molar-refractivity contribution in [2.75, 3.05) is 5.32 Å². The Morgan fingerprint density at radius 3 is 2.67 bits per heavy atom. The van der Waals surface area contributed by atoms with Gasteiger partial charge in [-0.05, 0) is 26.8 Å². The van der Waals surface area contributed by atoms with E-state index in [0.29, 0.717) is 17.1 Å². The molecule has 0 saturated heterocycles. The first-order valence-electron chi connectivity index (χ1n) is 6.62. The molecule has 112 valence electrons. The molecule has 6 nitrogen and oxygen atoms in total. The molecule has 0 aliphatic rings. The van der Waals surface area contributed by atoms with E-state index in [1.165, 1.54) is 6.07 Å². The number of aryl methyl sites for hydroxylation is 1. The minimum atomic E-state index is -0.467. The number of aromatic nitrogens is 2. The van der Waals surface area contributed by atoms with Gasteiger partial charge in [-0.3, -0.25) is 10.1 Å². The predicted molar refractivity (Wildman–Crippen MR) is 77.7 cm³/mol. The third kappa shape index (κ3) is 3.01. The van der Waals surface area contributed by atoms with E-state index in [1.807, 2.05) is 13.8 Å². The molecule has 21 heavy (non-hydrogen) atoms. The van der Waals surface area contributed by atoms with E-state index < -0.39 is 4.92 Å². The summed E-state index contributed by atoms with van der Waals surface area (Å²) >= 11 is 0. The lowest BCUT2D eigenvalue weighted by atomic mass is 10.2. The van der Waals surface area contributed by atoms with Crippen molar-refractivity contribution in [1.29, 1.82) is 0 Å². The number of halogens is 1. The van der Waals surface area contributed by atoms with Crippen LogP contribution in [0.5, 0.6) is 0 Å². The molecule has 0 saturated carbocycles. The molecule has 2 aromatic rings. The minimum absolute atomic E-state index is 0.0412. The maximum atomic E-state index is 13.6. The van der Waals surface area contributed by atoms with Crippen LogP contribution in [-0.4, -0.2) is 14.7 Å². The van der Waals surface area contributed by atoms with E-state index in [2.05, 4.69) is 10.4 Å². The normalized spacial score (nSPS) is 10.9. The van der Waals surface area contributed by atoms with Crippen LogP contribution in [0.4, 0.5) is 15.9 Å². The lowest BCUT2D eigenvalue weighted by Gasteiger charge is -2.12. The molecule has 0 radical (unpaired) electrons. The van der Waals surface area contributed by atoms with Crippen molar-refractivity contribution in [3.05, 3.63) is 51.5 Å². The van der Waals surface area contributed by atoms with Gasteiger partial charge in [0.2, 0.25) is 5.82 Å². The first-order chi connectivity index (χ1) is 9.91. The second-order valence-electron chi connectivity index (χ2n) is 5.02. The Hall–Kier alpha value is -2.44. The molecular formula is C14H17FN4O2. The summed E-state index contributed by atoms with van der Waals surface area (Å²) in [6.45, 7) is 5.51. The Morgan fingerprint density at radius 2 is 2.10 bits per heavy atom. The molecule has 0 spiro atoms. The fourth-order valence-corrected chi connectivity index (χ4v) is 2.12. The fourth-order valence-electron chi connectivity index (χ4n) is 2.12. The molecule has 1 aromatic heterocycles. The number of benzene rings is 1. The Morgan fingerprint density at radius 1 is 1.43 bits per heavy atom. The second kappa shape index (κ2) is 5.90. The van der Waals surface area contributed by atoms with Gasteiger partial charge >= 0.3 is 5.69 Å². The highest BCUT2D eigenvalue weighted by atomic mass is 19.1. The quantitative estimate of drug-likeness (QED) is 0.677. The van der Waals surface area contributed by atoms with Crippen LogP contribution in [0.25, 0.3) is 0 Å². The standard InChI is InChI=1S/C14H17FN4O2/c1-9(2)18-14(13(19(20)21)10(3)17-18)16-8-11-6-4-5-7-12(11)15/h4-7,9,16H,8H2,1-3H3.